The number of para-hydroxylation sites is 1. The molecule has 23 heavy (non-hydrogen) atoms. The Labute approximate surface area is 137 Å². The van der Waals surface area contributed by atoms with E-state index in [2.05, 4.69) is 15.5 Å². The summed E-state index contributed by atoms with van der Waals surface area (Å²) in [7, 11) is 0. The quantitative estimate of drug-likeness (QED) is 0.508. The lowest BCUT2D eigenvalue weighted by Gasteiger charge is -2.00. The van der Waals surface area contributed by atoms with Gasteiger partial charge in [-0.05, 0) is 29.8 Å². The summed E-state index contributed by atoms with van der Waals surface area (Å²) in [4.78, 5) is 15.1. The molecule has 0 aliphatic rings. The third kappa shape index (κ3) is 3.52. The molecule has 1 aromatic heterocycles. The van der Waals surface area contributed by atoms with E-state index in [-0.39, 0.29) is 18.1 Å². The van der Waals surface area contributed by atoms with Crippen molar-refractivity contribution in [3.05, 3.63) is 64.8 Å². The van der Waals surface area contributed by atoms with Gasteiger partial charge in [-0.25, -0.2) is 5.43 Å². The van der Waals surface area contributed by atoms with Crippen molar-refractivity contribution < 1.29 is 9.90 Å². The normalized spacial score (nSPS) is 11.2. The molecule has 0 saturated heterocycles. The summed E-state index contributed by atoms with van der Waals surface area (Å²) < 4.78 is 0. The Morgan fingerprint density at radius 1 is 1.30 bits per heavy atom. The molecule has 0 spiro atoms. The van der Waals surface area contributed by atoms with E-state index in [1.165, 1.54) is 18.3 Å². The van der Waals surface area contributed by atoms with Crippen LogP contribution in [0.5, 0.6) is 5.75 Å². The molecule has 6 heteroatoms. The number of nitrogens with zero attached hydrogens (tertiary/aromatic N) is 1. The fourth-order valence-electron chi connectivity index (χ4n) is 2.28. The first-order chi connectivity index (χ1) is 11.1. The van der Waals surface area contributed by atoms with Gasteiger partial charge in [0.25, 0.3) is 0 Å². The smallest absolute Gasteiger partial charge is 0.244 e. The molecule has 0 aliphatic heterocycles. The molecule has 0 fully saturated rings. The Balaban J connectivity index is 1.64. The van der Waals surface area contributed by atoms with Crippen molar-refractivity contribution in [2.24, 2.45) is 5.10 Å². The number of fused-ring (bicyclic) bond motifs is 1. The van der Waals surface area contributed by atoms with Crippen LogP contribution in [0, 0.1) is 0 Å². The highest BCUT2D eigenvalue weighted by molar-refractivity contribution is 6.33. The van der Waals surface area contributed by atoms with Gasteiger partial charge in [0.05, 0.1) is 17.7 Å². The van der Waals surface area contributed by atoms with Crippen LogP contribution in [-0.4, -0.2) is 22.2 Å². The van der Waals surface area contributed by atoms with Crippen LogP contribution in [-0.2, 0) is 11.2 Å². The summed E-state index contributed by atoms with van der Waals surface area (Å²) in [5, 5.41) is 14.6. The number of benzene rings is 2. The SMILES string of the molecule is O=C(Cc1c[nH]c2ccccc12)N/N=C/c1ccc(O)cc1Cl. The highest BCUT2D eigenvalue weighted by Crippen LogP contribution is 2.20. The summed E-state index contributed by atoms with van der Waals surface area (Å²) in [5.41, 5.74) is 4.99. The van der Waals surface area contributed by atoms with E-state index in [4.69, 9.17) is 11.6 Å². The Bertz CT molecular complexity index is 886. The van der Waals surface area contributed by atoms with Gasteiger partial charge >= 0.3 is 0 Å². The molecule has 3 rings (SSSR count). The van der Waals surface area contributed by atoms with Gasteiger partial charge in [0.2, 0.25) is 5.91 Å². The maximum absolute atomic E-state index is 12.0. The van der Waals surface area contributed by atoms with E-state index in [0.717, 1.165) is 16.5 Å². The van der Waals surface area contributed by atoms with Gasteiger partial charge in [0, 0.05) is 22.7 Å². The number of hydrogen-bond acceptors (Lipinski definition) is 3. The van der Waals surface area contributed by atoms with E-state index in [1.54, 1.807) is 6.07 Å². The van der Waals surface area contributed by atoms with Crippen molar-refractivity contribution in [2.75, 3.05) is 0 Å². The van der Waals surface area contributed by atoms with Crippen LogP contribution in [0.1, 0.15) is 11.1 Å². The lowest BCUT2D eigenvalue weighted by atomic mass is 10.1. The Kier molecular flexibility index (Phi) is 4.30. The number of carbonyl (C=O) groups is 1. The number of aromatic amines is 1. The Hall–Kier alpha value is -2.79. The zero-order valence-electron chi connectivity index (χ0n) is 12.1. The Morgan fingerprint density at radius 3 is 2.96 bits per heavy atom. The molecule has 0 aliphatic carbocycles. The van der Waals surface area contributed by atoms with Crippen molar-refractivity contribution in [3.8, 4) is 5.75 Å². The number of H-pyrrole nitrogens is 1. The number of hydrogen-bond donors (Lipinski definition) is 3. The molecule has 2 aromatic carbocycles. The van der Waals surface area contributed by atoms with Crippen LogP contribution in [0.3, 0.4) is 0 Å². The maximum Gasteiger partial charge on any atom is 0.244 e. The van der Waals surface area contributed by atoms with Crippen LogP contribution in [0.15, 0.2) is 53.8 Å². The summed E-state index contributed by atoms with van der Waals surface area (Å²) in [6.07, 6.45) is 3.49. The van der Waals surface area contributed by atoms with Crippen molar-refractivity contribution >= 4 is 34.6 Å². The predicted molar refractivity (Wildman–Crippen MR) is 90.9 cm³/mol. The largest absolute Gasteiger partial charge is 0.508 e. The number of rotatable bonds is 4. The van der Waals surface area contributed by atoms with Gasteiger partial charge in [-0.1, -0.05) is 29.8 Å². The number of phenols is 1. The summed E-state index contributed by atoms with van der Waals surface area (Å²) in [5.74, 6) is -0.142. The molecule has 0 bridgehead atoms. The van der Waals surface area contributed by atoms with Crippen molar-refractivity contribution in [1.82, 2.24) is 10.4 Å². The summed E-state index contributed by atoms with van der Waals surface area (Å²) in [6.45, 7) is 0. The second-order valence-corrected chi connectivity index (χ2v) is 5.44. The zero-order chi connectivity index (χ0) is 16.2. The first-order valence-electron chi connectivity index (χ1n) is 6.99. The molecule has 0 radical (unpaired) electrons. The lowest BCUT2D eigenvalue weighted by molar-refractivity contribution is -0.120. The van der Waals surface area contributed by atoms with Crippen molar-refractivity contribution in [1.29, 1.82) is 0 Å². The average Bonchev–Trinajstić information content (AvgIpc) is 2.93. The van der Waals surface area contributed by atoms with Crippen LogP contribution in [0.2, 0.25) is 5.02 Å². The number of halogens is 1. The molecule has 5 nitrogen and oxygen atoms in total. The number of aromatic nitrogens is 1. The van der Waals surface area contributed by atoms with Gasteiger partial charge in [-0.15, -0.1) is 0 Å². The number of phenolic OH excluding ortho intramolecular Hbond substituents is 1. The number of amides is 1. The van der Waals surface area contributed by atoms with Crippen LogP contribution in [0.4, 0.5) is 0 Å². The van der Waals surface area contributed by atoms with E-state index in [1.807, 2.05) is 30.5 Å². The van der Waals surface area contributed by atoms with Crippen LogP contribution >= 0.6 is 11.6 Å². The molecule has 1 heterocycles. The maximum atomic E-state index is 12.0. The van der Waals surface area contributed by atoms with E-state index >= 15 is 0 Å². The molecule has 3 aromatic rings. The predicted octanol–water partition coefficient (Wildman–Crippen LogP) is 3.22. The number of aromatic hydroxyl groups is 1. The van der Waals surface area contributed by atoms with E-state index < -0.39 is 0 Å². The van der Waals surface area contributed by atoms with Gasteiger partial charge in [-0.3, -0.25) is 4.79 Å². The second kappa shape index (κ2) is 6.54. The summed E-state index contributed by atoms with van der Waals surface area (Å²) in [6, 6.07) is 12.3. The standard InChI is InChI=1S/C17H14ClN3O2/c18-15-8-13(22)6-5-11(15)10-20-21-17(23)7-12-9-19-16-4-2-1-3-14(12)16/h1-6,8-10,19,22H,7H2,(H,21,23)/b20-10+. The van der Waals surface area contributed by atoms with Crippen molar-refractivity contribution in [3.63, 3.8) is 0 Å². The third-order valence-electron chi connectivity index (χ3n) is 3.40. The van der Waals surface area contributed by atoms with Gasteiger partial charge in [-0.2, -0.15) is 5.10 Å². The fraction of sp³-hybridized carbons (Fsp3) is 0.0588. The summed E-state index contributed by atoms with van der Waals surface area (Å²) >= 11 is 5.96. The molecule has 116 valence electrons. The van der Waals surface area contributed by atoms with Crippen LogP contribution < -0.4 is 5.43 Å². The van der Waals surface area contributed by atoms with Gasteiger partial charge < -0.3 is 10.1 Å². The highest BCUT2D eigenvalue weighted by atomic mass is 35.5. The van der Waals surface area contributed by atoms with E-state index in [9.17, 15) is 9.90 Å². The molecule has 0 saturated carbocycles. The monoisotopic (exact) mass is 327 g/mol. The first kappa shape index (κ1) is 15.1. The molecule has 0 atom stereocenters. The van der Waals surface area contributed by atoms with E-state index in [0.29, 0.717) is 10.6 Å². The molecular weight excluding hydrogens is 314 g/mol. The Morgan fingerprint density at radius 2 is 2.13 bits per heavy atom. The minimum Gasteiger partial charge on any atom is -0.508 e. The fourth-order valence-corrected chi connectivity index (χ4v) is 2.51. The molecule has 0 unspecified atom stereocenters. The average molecular weight is 328 g/mol. The van der Waals surface area contributed by atoms with Gasteiger partial charge in [0.1, 0.15) is 5.75 Å². The van der Waals surface area contributed by atoms with Gasteiger partial charge in [0.15, 0.2) is 0 Å². The number of nitrogens with one attached hydrogen (secondary N) is 2. The molecule has 1 amide bonds. The lowest BCUT2D eigenvalue weighted by Crippen LogP contribution is -2.19. The highest BCUT2D eigenvalue weighted by Gasteiger charge is 2.07. The third-order valence-corrected chi connectivity index (χ3v) is 3.73. The van der Waals surface area contributed by atoms with Crippen molar-refractivity contribution in [2.45, 2.75) is 6.42 Å². The zero-order valence-corrected chi connectivity index (χ0v) is 12.8. The van der Waals surface area contributed by atoms with Crippen LogP contribution in [0.25, 0.3) is 10.9 Å². The topological polar surface area (TPSA) is 77.5 Å². The molecular formula is C17H14ClN3O2. The molecule has 3 N–H and O–H groups in total. The minimum atomic E-state index is -0.221. The minimum absolute atomic E-state index is 0.0792. The number of carbonyl (C=O) groups excluding carboxylic acids is 1. The number of hydrazone groups is 1. The second-order valence-electron chi connectivity index (χ2n) is 5.04. The first-order valence-corrected chi connectivity index (χ1v) is 7.36.